The van der Waals surface area contributed by atoms with E-state index < -0.39 is 11.3 Å². The molecular weight excluding hydrogens is 146 g/mol. The number of fused-ring (bicyclic) bond motifs is 1. The second-order valence-corrected chi connectivity index (χ2v) is 3.56. The van der Waals surface area contributed by atoms with Crippen LogP contribution in [0.25, 0.3) is 0 Å². The Morgan fingerprint density at radius 2 is 1.82 bits per heavy atom. The van der Waals surface area contributed by atoms with Crippen LogP contribution in [0.4, 0.5) is 8.78 Å². The van der Waals surface area contributed by atoms with E-state index in [-0.39, 0.29) is 6.42 Å². The summed E-state index contributed by atoms with van der Waals surface area (Å²) in [6, 6.07) is 0. The molecule has 0 radical (unpaired) electrons. The Balaban J connectivity index is 0.000000281. The summed E-state index contributed by atoms with van der Waals surface area (Å²) in [5.74, 6) is -1.98. The van der Waals surface area contributed by atoms with Crippen molar-refractivity contribution in [2.75, 3.05) is 0 Å². The SMILES string of the molecule is CC.CC12CC1CCC2(F)F. The summed E-state index contributed by atoms with van der Waals surface area (Å²) < 4.78 is 25.5. The maximum atomic E-state index is 12.8. The van der Waals surface area contributed by atoms with Gasteiger partial charge in [-0.3, -0.25) is 0 Å². The lowest BCUT2D eigenvalue weighted by Crippen LogP contribution is -2.23. The van der Waals surface area contributed by atoms with Crippen LogP contribution in [-0.4, -0.2) is 5.92 Å². The molecule has 0 spiro atoms. The van der Waals surface area contributed by atoms with Crippen molar-refractivity contribution in [1.29, 1.82) is 0 Å². The second-order valence-electron chi connectivity index (χ2n) is 3.56. The summed E-state index contributed by atoms with van der Waals surface area (Å²) >= 11 is 0. The van der Waals surface area contributed by atoms with Crippen LogP contribution in [0, 0.1) is 11.3 Å². The maximum absolute atomic E-state index is 12.8. The van der Waals surface area contributed by atoms with E-state index in [0.717, 1.165) is 12.8 Å². The van der Waals surface area contributed by atoms with Crippen molar-refractivity contribution < 1.29 is 8.78 Å². The van der Waals surface area contributed by atoms with Crippen LogP contribution in [-0.2, 0) is 0 Å². The Hall–Kier alpha value is -0.140. The lowest BCUT2D eigenvalue weighted by molar-refractivity contribution is -0.0547. The van der Waals surface area contributed by atoms with Gasteiger partial charge in [-0.2, -0.15) is 0 Å². The zero-order chi connectivity index (χ0) is 8.70. The molecule has 66 valence electrons. The second kappa shape index (κ2) is 2.43. The predicted molar refractivity (Wildman–Crippen MR) is 41.7 cm³/mol. The first-order valence-corrected chi connectivity index (χ1v) is 4.44. The van der Waals surface area contributed by atoms with Crippen molar-refractivity contribution in [1.82, 2.24) is 0 Å². The van der Waals surface area contributed by atoms with E-state index in [9.17, 15) is 8.78 Å². The minimum absolute atomic E-state index is 0.133. The molecule has 0 nitrogen and oxygen atoms in total. The largest absolute Gasteiger partial charge is 0.253 e. The first-order chi connectivity index (χ1) is 5.06. The molecule has 2 rings (SSSR count). The topological polar surface area (TPSA) is 0 Å². The van der Waals surface area contributed by atoms with Crippen molar-refractivity contribution >= 4 is 0 Å². The third kappa shape index (κ3) is 1.07. The molecule has 2 atom stereocenters. The third-order valence-electron chi connectivity index (χ3n) is 3.05. The van der Waals surface area contributed by atoms with Gasteiger partial charge in [0.25, 0.3) is 5.92 Å². The van der Waals surface area contributed by atoms with Gasteiger partial charge in [-0.05, 0) is 18.8 Å². The Morgan fingerprint density at radius 3 is 1.91 bits per heavy atom. The highest BCUT2D eigenvalue weighted by atomic mass is 19.3. The van der Waals surface area contributed by atoms with Crippen LogP contribution in [0.1, 0.15) is 40.0 Å². The molecule has 2 aliphatic rings. The van der Waals surface area contributed by atoms with E-state index >= 15 is 0 Å². The van der Waals surface area contributed by atoms with Crippen molar-refractivity contribution in [2.45, 2.75) is 46.0 Å². The fourth-order valence-electron chi connectivity index (χ4n) is 1.96. The minimum atomic E-state index is -2.34. The van der Waals surface area contributed by atoms with Gasteiger partial charge in [-0.1, -0.05) is 20.8 Å². The summed E-state index contributed by atoms with van der Waals surface area (Å²) in [5, 5.41) is 0. The van der Waals surface area contributed by atoms with Crippen molar-refractivity contribution in [3.8, 4) is 0 Å². The quantitative estimate of drug-likeness (QED) is 0.511. The Labute approximate surface area is 67.0 Å². The monoisotopic (exact) mass is 162 g/mol. The van der Waals surface area contributed by atoms with E-state index in [1.165, 1.54) is 0 Å². The molecule has 0 amide bonds. The molecular formula is C9H16F2. The summed E-state index contributed by atoms with van der Waals surface area (Å²) in [4.78, 5) is 0. The molecule has 0 aromatic carbocycles. The Morgan fingerprint density at radius 1 is 1.27 bits per heavy atom. The molecule has 2 saturated carbocycles. The molecule has 2 heteroatoms. The van der Waals surface area contributed by atoms with Crippen LogP contribution in [0.5, 0.6) is 0 Å². The van der Waals surface area contributed by atoms with Crippen LogP contribution in [0.15, 0.2) is 0 Å². The van der Waals surface area contributed by atoms with E-state index in [2.05, 4.69) is 0 Å². The molecule has 0 saturated heterocycles. The summed E-state index contributed by atoms with van der Waals surface area (Å²) in [5.41, 5.74) is -0.576. The smallest absolute Gasteiger partial charge is 0.206 e. The number of hydrogen-bond donors (Lipinski definition) is 0. The lowest BCUT2D eigenvalue weighted by atomic mass is 10.0. The molecule has 2 aliphatic carbocycles. The molecule has 0 bridgehead atoms. The predicted octanol–water partition coefficient (Wildman–Crippen LogP) is 3.47. The van der Waals surface area contributed by atoms with Crippen molar-refractivity contribution in [3.63, 3.8) is 0 Å². The van der Waals surface area contributed by atoms with Gasteiger partial charge in [0, 0.05) is 11.8 Å². The van der Waals surface area contributed by atoms with Gasteiger partial charge in [0.1, 0.15) is 0 Å². The van der Waals surface area contributed by atoms with Gasteiger partial charge in [0.05, 0.1) is 0 Å². The Kier molecular flexibility index (Phi) is 1.97. The van der Waals surface area contributed by atoms with Crippen molar-refractivity contribution in [2.24, 2.45) is 11.3 Å². The Bertz CT molecular complexity index is 149. The number of halogens is 2. The fraction of sp³-hybridized carbons (Fsp3) is 1.00. The summed E-state index contributed by atoms with van der Waals surface area (Å²) in [6.07, 6.45) is 1.65. The molecule has 0 aromatic heterocycles. The van der Waals surface area contributed by atoms with E-state index in [0.29, 0.717) is 5.92 Å². The lowest BCUT2D eigenvalue weighted by Gasteiger charge is -2.17. The standard InChI is InChI=1S/C7H10F2.C2H6/c1-6-4-5(6)2-3-7(6,8)9;1-2/h5H,2-4H2,1H3;1-2H3. The molecule has 2 unspecified atom stereocenters. The van der Waals surface area contributed by atoms with Gasteiger partial charge >= 0.3 is 0 Å². The van der Waals surface area contributed by atoms with Gasteiger partial charge in [-0.25, -0.2) is 8.78 Å². The molecule has 2 fully saturated rings. The molecule has 0 N–H and O–H groups in total. The number of rotatable bonds is 0. The average Bonchev–Trinajstić information content (AvgIpc) is 2.59. The zero-order valence-corrected chi connectivity index (χ0v) is 7.45. The molecule has 0 aliphatic heterocycles. The highest BCUT2D eigenvalue weighted by Crippen LogP contribution is 2.69. The average molecular weight is 162 g/mol. The van der Waals surface area contributed by atoms with Gasteiger partial charge in [0.15, 0.2) is 0 Å². The van der Waals surface area contributed by atoms with E-state index in [4.69, 9.17) is 0 Å². The van der Waals surface area contributed by atoms with Crippen LogP contribution >= 0.6 is 0 Å². The first kappa shape index (κ1) is 8.95. The maximum Gasteiger partial charge on any atom is 0.253 e. The normalized spacial score (nSPS) is 43.9. The van der Waals surface area contributed by atoms with Crippen LogP contribution < -0.4 is 0 Å². The molecule has 11 heavy (non-hydrogen) atoms. The summed E-state index contributed by atoms with van der Waals surface area (Å²) in [7, 11) is 0. The number of hydrogen-bond acceptors (Lipinski definition) is 0. The van der Waals surface area contributed by atoms with Crippen LogP contribution in [0.3, 0.4) is 0 Å². The molecule has 0 heterocycles. The fourth-order valence-corrected chi connectivity index (χ4v) is 1.96. The van der Waals surface area contributed by atoms with Crippen molar-refractivity contribution in [3.05, 3.63) is 0 Å². The highest BCUT2D eigenvalue weighted by Gasteiger charge is 2.69. The number of alkyl halides is 2. The van der Waals surface area contributed by atoms with Crippen LogP contribution in [0.2, 0.25) is 0 Å². The highest BCUT2D eigenvalue weighted by molar-refractivity contribution is 5.12. The summed E-state index contributed by atoms with van der Waals surface area (Å²) in [6.45, 7) is 5.71. The van der Waals surface area contributed by atoms with Gasteiger partial charge in [-0.15, -0.1) is 0 Å². The zero-order valence-electron chi connectivity index (χ0n) is 7.45. The van der Waals surface area contributed by atoms with Gasteiger partial charge < -0.3 is 0 Å². The van der Waals surface area contributed by atoms with Gasteiger partial charge in [0.2, 0.25) is 0 Å². The van der Waals surface area contributed by atoms with E-state index in [1.807, 2.05) is 13.8 Å². The molecule has 0 aromatic rings. The first-order valence-electron chi connectivity index (χ1n) is 4.44. The van der Waals surface area contributed by atoms with E-state index in [1.54, 1.807) is 6.92 Å². The minimum Gasteiger partial charge on any atom is -0.206 e. The third-order valence-corrected chi connectivity index (χ3v) is 3.05.